The number of aromatic amines is 5. The molecule has 0 amide bonds. The van der Waals surface area contributed by atoms with Crippen molar-refractivity contribution in [3.05, 3.63) is 228 Å². The van der Waals surface area contributed by atoms with E-state index in [0.717, 1.165) is 82.2 Å². The van der Waals surface area contributed by atoms with Gasteiger partial charge < -0.3 is 10.2 Å². The molecule has 0 radical (unpaired) electrons. The molecule has 0 saturated carbocycles. The van der Waals surface area contributed by atoms with E-state index in [1.807, 2.05) is 0 Å². The molecule has 3 heterocycles. The topological polar surface area (TPSA) is 556 Å². The number of aryl methyl sites for hydroxylation is 2. The molecule has 0 unspecified atom stereocenters. The maximum atomic E-state index is 13.6. The van der Waals surface area contributed by atoms with Crippen LogP contribution in [0.25, 0.3) is 35.7 Å². The van der Waals surface area contributed by atoms with E-state index < -0.39 is 115 Å². The molecule has 40 heteroatoms. The molecular weight excluding hydrogens is 1400 g/mol. The van der Waals surface area contributed by atoms with Gasteiger partial charge in [-0.1, -0.05) is 78.9 Å². The number of benzene rings is 7. The molecule has 35 nitrogen and oxygen atoms in total. The highest BCUT2D eigenvalue weighted by Gasteiger charge is 2.24. The summed E-state index contributed by atoms with van der Waals surface area (Å²) >= 11 is 0. The van der Waals surface area contributed by atoms with E-state index in [-0.39, 0.29) is 90.2 Å². The van der Waals surface area contributed by atoms with Crippen LogP contribution in [0.15, 0.2) is 215 Å². The van der Waals surface area contributed by atoms with Crippen LogP contribution in [0, 0.1) is 13.8 Å². The van der Waals surface area contributed by atoms with Crippen LogP contribution in [-0.2, 0) is 50.6 Å². The number of rotatable bonds is 20. The predicted molar refractivity (Wildman–Crippen MR) is 349 cm³/mol. The summed E-state index contributed by atoms with van der Waals surface area (Å²) in [5.74, 6) is -2.96. The van der Waals surface area contributed by atoms with Crippen molar-refractivity contribution in [1.29, 1.82) is 0 Å². The number of hydrogen-bond acceptors (Lipinski definition) is 21. The van der Waals surface area contributed by atoms with Gasteiger partial charge in [0.2, 0.25) is 16.9 Å². The molecule has 0 saturated heterocycles. The van der Waals surface area contributed by atoms with Crippen LogP contribution in [0.5, 0.6) is 0 Å². The molecule has 0 aliphatic rings. The van der Waals surface area contributed by atoms with Gasteiger partial charge in [0, 0.05) is 0 Å². The smallest absolute Gasteiger partial charge is 0.338 e. The van der Waals surface area contributed by atoms with Gasteiger partial charge in [-0.15, -0.1) is 20.5 Å². The highest BCUT2D eigenvalue weighted by Crippen LogP contribution is 2.32. The second-order valence-corrected chi connectivity index (χ2v) is 27.7. The summed E-state index contributed by atoms with van der Waals surface area (Å²) < 4.78 is 179. The number of hydrogen-bond donors (Lipinski definition) is 12. The van der Waals surface area contributed by atoms with Crippen molar-refractivity contribution in [2.45, 2.75) is 38.3 Å². The molecule has 10 aromatic rings. The van der Waals surface area contributed by atoms with Gasteiger partial charge in [0.15, 0.2) is 11.4 Å². The number of aromatic carboxylic acids is 2. The van der Waals surface area contributed by atoms with Crippen molar-refractivity contribution >= 4 is 127 Å². The first-order chi connectivity index (χ1) is 46.5. The summed E-state index contributed by atoms with van der Waals surface area (Å²) in [5.41, 5.74) is -5.64. The maximum absolute atomic E-state index is 13.6. The Labute approximate surface area is 555 Å². The number of nitrogens with one attached hydrogen (secondary N) is 5. The van der Waals surface area contributed by atoms with E-state index in [4.69, 9.17) is 0 Å². The maximum Gasteiger partial charge on any atom is 0.338 e. The van der Waals surface area contributed by atoms with Gasteiger partial charge in [0.1, 0.15) is 31.0 Å². The zero-order chi connectivity index (χ0) is 71.7. The molecule has 0 fully saturated rings. The number of carboxylic acids is 2. The van der Waals surface area contributed by atoms with Crippen LogP contribution in [0.1, 0.15) is 54.4 Å². The summed E-state index contributed by atoms with van der Waals surface area (Å²) in [5, 5.41) is 39.9. The Balaban J connectivity index is 0.964. The van der Waals surface area contributed by atoms with Crippen LogP contribution in [0.2, 0.25) is 0 Å². The zero-order valence-corrected chi connectivity index (χ0v) is 54.2. The molecule has 10 rings (SSSR count). The SMILES string of the molecule is Cc1[nH]n(-c2ccc(/C=C/c3ccc(N=c4[nH]c(=Nc5ccccc5)[nH]c(=Nc5ccc(/C=C/c6ccc(-n7[nH]c(C)c(N=Nc8ccc(S(=O)(=O)O)cc8C(=O)O)c7=O)cc6S(=O)(=O)O)c(S(=O)(=O)O)c5)[nH]4)cc3S(=O)(=O)O)c(S(=O)(=O)O)c2)c(=O)c1N=Nc1ccccc1C(=O)O. The van der Waals surface area contributed by atoms with Gasteiger partial charge in [-0.25, -0.2) is 33.9 Å². The number of carbonyl (C=O) groups is 2. The van der Waals surface area contributed by atoms with Crippen LogP contribution in [0.4, 0.5) is 39.8 Å². The summed E-state index contributed by atoms with van der Waals surface area (Å²) in [6.07, 6.45) is 4.29. The third-order valence-corrected chi connectivity index (χ3v) is 18.4. The molecule has 99 heavy (non-hydrogen) atoms. The number of para-hydroxylation sites is 1. The highest BCUT2D eigenvalue weighted by molar-refractivity contribution is 7.87. The summed E-state index contributed by atoms with van der Waals surface area (Å²) in [6.45, 7) is 2.79. The molecule has 12 N–H and O–H groups in total. The molecule has 0 aliphatic carbocycles. The Morgan fingerprint density at radius 1 is 0.394 bits per heavy atom. The van der Waals surface area contributed by atoms with Crippen molar-refractivity contribution in [2.24, 2.45) is 35.4 Å². The molecule has 508 valence electrons. The fraction of sp³-hybridized carbons (Fsp3) is 0.0339. The number of H-pyrrole nitrogens is 5. The minimum Gasteiger partial charge on any atom is -0.478 e. The average molecular weight is 1450 g/mol. The standard InChI is InChI=1S/C59H46N14O21S5/c1-31-51(68-66-45-11-7-6-10-43(45)55(76)77)53(74)72(70-31)40-22-18-35(49(28-40)98(89,90)91)14-12-33-16-20-38(26-47(33)96(83,84)85)61-58-63-57(60-37-8-4-3-5-9-37)64-59(65-58)62-39-21-17-34(48(27-39)97(86,87)88)13-15-36-19-23-41(29-50(36)99(92,93)94)73-54(75)52(32(2)71-73)69-67-46-25-24-42(95(80,81)82)30-44(46)56(78)79/h3-30,70-71H,1-2H3,(H,76,77)(H,78,79)(H,80,81,82)(H,83,84,85)(H,86,87,88)(H,89,90,91)(H,92,93,94)(H3,60,61,62,63,64,65)/b14-12+,15-13+,68-66?,69-67?. The lowest BCUT2D eigenvalue weighted by Gasteiger charge is -2.08. The van der Waals surface area contributed by atoms with Crippen molar-refractivity contribution in [3.63, 3.8) is 0 Å². The predicted octanol–water partition coefficient (Wildman–Crippen LogP) is 7.74. The zero-order valence-electron chi connectivity index (χ0n) is 50.1. The number of azo groups is 2. The summed E-state index contributed by atoms with van der Waals surface area (Å²) in [6, 6.07) is 29.5. The first-order valence-corrected chi connectivity index (χ1v) is 34.8. The van der Waals surface area contributed by atoms with E-state index in [9.17, 15) is 94.2 Å². The third-order valence-electron chi connectivity index (χ3n) is 13.9. The number of aromatic nitrogens is 7. The summed E-state index contributed by atoms with van der Waals surface area (Å²) in [7, 11) is -25.4. The van der Waals surface area contributed by atoms with Crippen molar-refractivity contribution < 1.29 is 84.7 Å². The molecule has 0 spiro atoms. The molecule has 3 aromatic heterocycles. The Kier molecular flexibility index (Phi) is 19.3. The number of nitrogens with zero attached hydrogens (tertiary/aromatic N) is 9. The third kappa shape index (κ3) is 16.2. The van der Waals surface area contributed by atoms with Gasteiger partial charge in [0.25, 0.3) is 61.7 Å². The Morgan fingerprint density at radius 3 is 1.15 bits per heavy atom. The van der Waals surface area contributed by atoms with Gasteiger partial charge in [-0.05, 0) is 127 Å². The summed E-state index contributed by atoms with van der Waals surface area (Å²) in [4.78, 5) is 68.6. The molecular formula is C59H46N14O21S5. The largest absolute Gasteiger partial charge is 0.478 e. The fourth-order valence-corrected chi connectivity index (χ4v) is 12.7. The molecule has 0 atom stereocenters. The first-order valence-electron chi connectivity index (χ1n) is 27.6. The van der Waals surface area contributed by atoms with E-state index >= 15 is 0 Å². The highest BCUT2D eigenvalue weighted by atomic mass is 32.2. The van der Waals surface area contributed by atoms with Crippen molar-refractivity contribution in [1.82, 2.24) is 34.5 Å². The lowest BCUT2D eigenvalue weighted by atomic mass is 10.1. The molecule has 7 aromatic carbocycles. The van der Waals surface area contributed by atoms with E-state index in [2.05, 4.69) is 60.6 Å². The number of carboxylic acid groups (broad SMARTS) is 2. The normalized spacial score (nSPS) is 13.3. The van der Waals surface area contributed by atoms with Gasteiger partial charge in [0.05, 0.1) is 55.8 Å². The quantitative estimate of drug-likeness (QED) is 0.0197. The Morgan fingerprint density at radius 2 is 0.758 bits per heavy atom. The second-order valence-electron chi connectivity index (χ2n) is 20.7. The average Bonchev–Trinajstić information content (AvgIpc) is 1.74. The van der Waals surface area contributed by atoms with Crippen molar-refractivity contribution in [3.8, 4) is 11.4 Å². The van der Waals surface area contributed by atoms with E-state index in [1.165, 1.54) is 74.5 Å². The molecule has 0 bridgehead atoms. The minimum absolute atomic E-state index is 0.00750. The lowest BCUT2D eigenvalue weighted by Crippen LogP contribution is -2.36. The molecule has 0 aliphatic heterocycles. The lowest BCUT2D eigenvalue weighted by molar-refractivity contribution is 0.0686. The minimum atomic E-state index is -5.16. The van der Waals surface area contributed by atoms with Crippen LogP contribution in [-0.4, -0.2) is 122 Å². The monoisotopic (exact) mass is 1450 g/mol. The van der Waals surface area contributed by atoms with Gasteiger partial charge in [-0.2, -0.15) is 42.1 Å². The Bertz CT molecular complexity index is 6120. The van der Waals surface area contributed by atoms with Gasteiger partial charge in [-0.3, -0.25) is 57.5 Å². The van der Waals surface area contributed by atoms with Gasteiger partial charge >= 0.3 is 11.9 Å². The van der Waals surface area contributed by atoms with E-state index in [0.29, 0.717) is 11.8 Å². The van der Waals surface area contributed by atoms with Crippen LogP contribution >= 0.6 is 0 Å². The first kappa shape index (κ1) is 70.0. The fourth-order valence-electron chi connectivity index (χ4n) is 9.36. The van der Waals surface area contributed by atoms with Crippen LogP contribution < -0.4 is 28.0 Å². The second kappa shape index (κ2) is 27.3. The van der Waals surface area contributed by atoms with E-state index in [1.54, 1.807) is 30.3 Å². The van der Waals surface area contributed by atoms with Crippen LogP contribution in [0.3, 0.4) is 0 Å². The Hall–Kier alpha value is -11.9. The van der Waals surface area contributed by atoms with Crippen molar-refractivity contribution in [2.75, 3.05) is 0 Å².